The van der Waals surface area contributed by atoms with E-state index in [1.807, 2.05) is 20.8 Å². The molecule has 0 aliphatic heterocycles. The number of hydrogen-bond donors (Lipinski definition) is 4. The number of aliphatic hydroxyl groups is 1. The SMILES string of the molecule is CC(O)C(N)CNC(=O)NC(C)(C)C. The molecule has 0 aromatic rings. The second kappa shape index (κ2) is 5.17. The minimum Gasteiger partial charge on any atom is -0.392 e. The molecule has 0 aliphatic carbocycles. The van der Waals surface area contributed by atoms with Gasteiger partial charge in [0, 0.05) is 18.1 Å². The van der Waals surface area contributed by atoms with Gasteiger partial charge in [0.2, 0.25) is 0 Å². The van der Waals surface area contributed by atoms with E-state index in [0.29, 0.717) is 0 Å². The molecule has 0 heterocycles. The molecule has 0 aliphatic rings. The lowest BCUT2D eigenvalue weighted by molar-refractivity contribution is 0.161. The Labute approximate surface area is 85.1 Å². The van der Waals surface area contributed by atoms with Crippen LogP contribution in [-0.4, -0.2) is 35.4 Å². The molecule has 5 heteroatoms. The van der Waals surface area contributed by atoms with Crippen LogP contribution in [0.25, 0.3) is 0 Å². The zero-order chi connectivity index (χ0) is 11.4. The molecule has 0 saturated carbocycles. The Bertz CT molecular complexity index is 187. The van der Waals surface area contributed by atoms with E-state index in [1.165, 1.54) is 0 Å². The van der Waals surface area contributed by atoms with E-state index in [-0.39, 0.29) is 18.1 Å². The molecule has 0 radical (unpaired) electrons. The highest BCUT2D eigenvalue weighted by atomic mass is 16.3. The first-order valence-electron chi connectivity index (χ1n) is 4.72. The van der Waals surface area contributed by atoms with Gasteiger partial charge < -0.3 is 21.5 Å². The summed E-state index contributed by atoms with van der Waals surface area (Å²) in [7, 11) is 0. The largest absolute Gasteiger partial charge is 0.392 e. The highest BCUT2D eigenvalue weighted by Crippen LogP contribution is 1.97. The predicted octanol–water partition coefficient (Wildman–Crippen LogP) is -0.208. The van der Waals surface area contributed by atoms with Gasteiger partial charge in [-0.2, -0.15) is 0 Å². The number of rotatable bonds is 3. The summed E-state index contributed by atoms with van der Waals surface area (Å²) in [6.45, 7) is 7.52. The zero-order valence-corrected chi connectivity index (χ0v) is 9.29. The first-order chi connectivity index (χ1) is 6.22. The third-order valence-electron chi connectivity index (χ3n) is 1.61. The summed E-state index contributed by atoms with van der Waals surface area (Å²) < 4.78 is 0. The van der Waals surface area contributed by atoms with Gasteiger partial charge in [-0.1, -0.05) is 0 Å². The minimum absolute atomic E-state index is 0.263. The van der Waals surface area contributed by atoms with Crippen molar-refractivity contribution >= 4 is 6.03 Å². The molecule has 0 fully saturated rings. The van der Waals surface area contributed by atoms with Gasteiger partial charge in [0.05, 0.1) is 6.10 Å². The van der Waals surface area contributed by atoms with Crippen LogP contribution in [0.4, 0.5) is 4.79 Å². The summed E-state index contributed by atoms with van der Waals surface area (Å²) >= 11 is 0. The maximum absolute atomic E-state index is 11.2. The second-order valence-electron chi connectivity index (χ2n) is 4.49. The summed E-state index contributed by atoms with van der Waals surface area (Å²) in [4.78, 5) is 11.2. The number of amides is 2. The van der Waals surface area contributed by atoms with Crippen LogP contribution in [0.15, 0.2) is 0 Å². The normalized spacial score (nSPS) is 15.9. The number of carbonyl (C=O) groups excluding carboxylic acids is 1. The number of aliphatic hydroxyl groups excluding tert-OH is 1. The van der Waals surface area contributed by atoms with Gasteiger partial charge in [0.25, 0.3) is 0 Å². The summed E-state index contributed by atoms with van der Waals surface area (Å²) in [5.41, 5.74) is 5.27. The lowest BCUT2D eigenvalue weighted by atomic mass is 10.1. The quantitative estimate of drug-likeness (QED) is 0.512. The Morgan fingerprint density at radius 1 is 1.50 bits per heavy atom. The molecule has 0 spiro atoms. The van der Waals surface area contributed by atoms with E-state index in [4.69, 9.17) is 10.8 Å². The van der Waals surface area contributed by atoms with Gasteiger partial charge in [-0.25, -0.2) is 4.79 Å². The number of nitrogens with two attached hydrogens (primary N) is 1. The van der Waals surface area contributed by atoms with Crippen molar-refractivity contribution in [3.8, 4) is 0 Å². The monoisotopic (exact) mass is 203 g/mol. The van der Waals surface area contributed by atoms with Crippen molar-refractivity contribution in [3.05, 3.63) is 0 Å². The summed E-state index contributed by atoms with van der Waals surface area (Å²) in [6.07, 6.45) is -0.620. The van der Waals surface area contributed by atoms with E-state index in [9.17, 15) is 4.79 Å². The fraction of sp³-hybridized carbons (Fsp3) is 0.889. The van der Waals surface area contributed by atoms with Gasteiger partial charge in [0.1, 0.15) is 0 Å². The van der Waals surface area contributed by atoms with Crippen molar-refractivity contribution in [2.24, 2.45) is 5.73 Å². The maximum atomic E-state index is 11.2. The molecule has 0 saturated heterocycles. The van der Waals surface area contributed by atoms with Crippen LogP contribution in [0.5, 0.6) is 0 Å². The molecule has 0 aromatic carbocycles. The smallest absolute Gasteiger partial charge is 0.315 e. The molecule has 5 N–H and O–H groups in total. The van der Waals surface area contributed by atoms with Gasteiger partial charge >= 0.3 is 6.03 Å². The predicted molar refractivity (Wildman–Crippen MR) is 55.9 cm³/mol. The van der Waals surface area contributed by atoms with Gasteiger partial charge in [0.15, 0.2) is 0 Å². The van der Waals surface area contributed by atoms with Crippen LogP contribution in [0, 0.1) is 0 Å². The summed E-state index contributed by atoms with van der Waals surface area (Å²) in [5.74, 6) is 0. The fourth-order valence-corrected chi connectivity index (χ4v) is 0.766. The van der Waals surface area contributed by atoms with Crippen LogP contribution in [0.3, 0.4) is 0 Å². The van der Waals surface area contributed by atoms with Crippen LogP contribution >= 0.6 is 0 Å². The van der Waals surface area contributed by atoms with E-state index < -0.39 is 12.1 Å². The molecule has 2 atom stereocenters. The Morgan fingerprint density at radius 2 is 2.00 bits per heavy atom. The molecule has 5 nitrogen and oxygen atoms in total. The van der Waals surface area contributed by atoms with E-state index in [1.54, 1.807) is 6.92 Å². The van der Waals surface area contributed by atoms with Crippen molar-refractivity contribution in [2.75, 3.05) is 6.54 Å². The number of hydrogen-bond acceptors (Lipinski definition) is 3. The second-order valence-corrected chi connectivity index (χ2v) is 4.49. The van der Waals surface area contributed by atoms with Crippen LogP contribution in [-0.2, 0) is 0 Å². The van der Waals surface area contributed by atoms with E-state index in [2.05, 4.69) is 10.6 Å². The minimum atomic E-state index is -0.620. The van der Waals surface area contributed by atoms with Crippen molar-refractivity contribution in [1.29, 1.82) is 0 Å². The van der Waals surface area contributed by atoms with Crippen molar-refractivity contribution < 1.29 is 9.90 Å². The Kier molecular flexibility index (Phi) is 4.87. The fourth-order valence-electron chi connectivity index (χ4n) is 0.766. The molecule has 2 unspecified atom stereocenters. The van der Waals surface area contributed by atoms with Crippen molar-refractivity contribution in [1.82, 2.24) is 10.6 Å². The third kappa shape index (κ3) is 6.68. The van der Waals surface area contributed by atoms with Crippen molar-refractivity contribution in [2.45, 2.75) is 45.4 Å². The number of urea groups is 1. The number of carbonyl (C=O) groups is 1. The van der Waals surface area contributed by atoms with Crippen LogP contribution < -0.4 is 16.4 Å². The standard InChI is InChI=1S/C9H21N3O2/c1-6(13)7(10)5-11-8(14)12-9(2,3)4/h6-7,13H,5,10H2,1-4H3,(H2,11,12,14). The average Bonchev–Trinajstić information content (AvgIpc) is 1.96. The molecule has 0 bridgehead atoms. The highest BCUT2D eigenvalue weighted by Gasteiger charge is 2.15. The van der Waals surface area contributed by atoms with Crippen LogP contribution in [0.1, 0.15) is 27.7 Å². The third-order valence-corrected chi connectivity index (χ3v) is 1.61. The Hall–Kier alpha value is -0.810. The molecule has 0 aromatic heterocycles. The molecular formula is C9H21N3O2. The molecular weight excluding hydrogens is 182 g/mol. The maximum Gasteiger partial charge on any atom is 0.315 e. The first-order valence-corrected chi connectivity index (χ1v) is 4.72. The van der Waals surface area contributed by atoms with Crippen LogP contribution in [0.2, 0.25) is 0 Å². The van der Waals surface area contributed by atoms with Gasteiger partial charge in [-0.3, -0.25) is 0 Å². The average molecular weight is 203 g/mol. The molecule has 14 heavy (non-hydrogen) atoms. The summed E-state index contributed by atoms with van der Waals surface area (Å²) in [6, 6.07) is -0.700. The lowest BCUT2D eigenvalue weighted by Gasteiger charge is -2.22. The van der Waals surface area contributed by atoms with Gasteiger partial charge in [-0.15, -0.1) is 0 Å². The topological polar surface area (TPSA) is 87.4 Å². The molecule has 2 amide bonds. The van der Waals surface area contributed by atoms with E-state index in [0.717, 1.165) is 0 Å². The Balaban J connectivity index is 3.75. The summed E-state index contributed by atoms with van der Waals surface area (Å²) in [5, 5.41) is 14.4. The van der Waals surface area contributed by atoms with Crippen molar-refractivity contribution in [3.63, 3.8) is 0 Å². The lowest BCUT2D eigenvalue weighted by Crippen LogP contribution is -2.51. The van der Waals surface area contributed by atoms with Gasteiger partial charge in [-0.05, 0) is 27.7 Å². The highest BCUT2D eigenvalue weighted by molar-refractivity contribution is 5.74. The zero-order valence-electron chi connectivity index (χ0n) is 9.29. The molecule has 84 valence electrons. The molecule has 0 rings (SSSR count). The van der Waals surface area contributed by atoms with E-state index >= 15 is 0 Å². The first kappa shape index (κ1) is 13.2. The Morgan fingerprint density at radius 3 is 2.36 bits per heavy atom. The number of nitrogens with one attached hydrogen (secondary N) is 2.